The molecular formula is C23H21N5O5S. The van der Waals surface area contributed by atoms with Crippen LogP contribution < -0.4 is 25.2 Å². The smallest absolute Gasteiger partial charge is 0.294 e. The Hall–Kier alpha value is -3.86. The Bertz CT molecular complexity index is 1420. The number of furan rings is 1. The molecule has 0 saturated carbocycles. The van der Waals surface area contributed by atoms with Gasteiger partial charge in [0.2, 0.25) is 12.7 Å². The molecule has 0 spiro atoms. The van der Waals surface area contributed by atoms with Crippen molar-refractivity contribution in [3.8, 4) is 23.0 Å². The van der Waals surface area contributed by atoms with E-state index in [1.54, 1.807) is 36.6 Å². The lowest BCUT2D eigenvalue weighted by atomic mass is 10.1. The first-order valence-electron chi connectivity index (χ1n) is 11.1. The largest absolute Gasteiger partial charge is 0.463 e. The zero-order chi connectivity index (χ0) is 23.1. The Balaban J connectivity index is 1.34. The molecule has 0 atom stereocenters. The van der Waals surface area contributed by atoms with E-state index in [9.17, 15) is 9.59 Å². The van der Waals surface area contributed by atoms with E-state index < -0.39 is 11.5 Å². The van der Waals surface area contributed by atoms with Gasteiger partial charge in [0, 0.05) is 24.8 Å². The molecule has 1 fully saturated rings. The molecule has 34 heavy (non-hydrogen) atoms. The number of carbonyl (C=O) groups is 1. The molecule has 1 saturated heterocycles. The molecule has 2 aliphatic heterocycles. The summed E-state index contributed by atoms with van der Waals surface area (Å²) in [7, 11) is 0. The van der Waals surface area contributed by atoms with Crippen molar-refractivity contribution in [2.24, 2.45) is 0 Å². The van der Waals surface area contributed by atoms with Crippen LogP contribution in [0.3, 0.4) is 0 Å². The number of aromatic nitrogens is 3. The third kappa shape index (κ3) is 3.77. The first-order chi connectivity index (χ1) is 16.7. The summed E-state index contributed by atoms with van der Waals surface area (Å²) in [6, 6.07) is 8.66. The standard InChI is InChI=1S/C23H21N5O5S/c29-18(24-14-6-7-15-17(11-14)33-13-32-15)12-28-22(30)20-21(19(26-28)16-5-4-10-31-16)34-23(25-20)27-8-2-1-3-9-27/h4-7,10-11H,1-3,8-9,12-13H2,(H,24,29). The zero-order valence-corrected chi connectivity index (χ0v) is 19.0. The molecule has 3 aromatic heterocycles. The molecule has 10 nitrogen and oxygen atoms in total. The van der Waals surface area contributed by atoms with Crippen molar-refractivity contribution in [2.45, 2.75) is 25.8 Å². The van der Waals surface area contributed by atoms with Crippen LogP contribution in [-0.4, -0.2) is 40.6 Å². The molecule has 6 rings (SSSR count). The second-order valence-electron chi connectivity index (χ2n) is 8.13. The lowest BCUT2D eigenvalue weighted by Crippen LogP contribution is -2.30. The molecule has 11 heteroatoms. The Labute approximate surface area is 197 Å². The SMILES string of the molecule is O=C(Cn1nc(-c2ccco2)c2sc(N3CCCCC3)nc2c1=O)Nc1ccc2c(c1)OCO2. The fourth-order valence-corrected chi connectivity index (χ4v) is 5.26. The van der Waals surface area contributed by atoms with Gasteiger partial charge in [-0.3, -0.25) is 9.59 Å². The lowest BCUT2D eigenvalue weighted by Gasteiger charge is -2.25. The summed E-state index contributed by atoms with van der Waals surface area (Å²) in [6.07, 6.45) is 4.95. The minimum absolute atomic E-state index is 0.147. The summed E-state index contributed by atoms with van der Waals surface area (Å²) in [6.45, 7) is 1.70. The predicted octanol–water partition coefficient (Wildman–Crippen LogP) is 3.47. The van der Waals surface area contributed by atoms with Crippen molar-refractivity contribution < 1.29 is 18.7 Å². The van der Waals surface area contributed by atoms with E-state index >= 15 is 0 Å². The van der Waals surface area contributed by atoms with Gasteiger partial charge in [-0.05, 0) is 43.5 Å². The van der Waals surface area contributed by atoms with Gasteiger partial charge in [0.05, 0.1) is 11.0 Å². The number of amides is 1. The van der Waals surface area contributed by atoms with Crippen molar-refractivity contribution in [3.05, 3.63) is 46.9 Å². The van der Waals surface area contributed by atoms with Crippen molar-refractivity contribution in [2.75, 3.05) is 30.1 Å². The maximum absolute atomic E-state index is 13.3. The number of nitrogens with one attached hydrogen (secondary N) is 1. The van der Waals surface area contributed by atoms with Crippen molar-refractivity contribution in [1.82, 2.24) is 14.8 Å². The van der Waals surface area contributed by atoms with Crippen LogP contribution in [0.5, 0.6) is 11.5 Å². The number of ether oxygens (including phenoxy) is 2. The number of rotatable bonds is 5. The highest BCUT2D eigenvalue weighted by Crippen LogP contribution is 2.35. The first kappa shape index (κ1) is 20.7. The molecule has 1 amide bonds. The number of benzene rings is 1. The van der Waals surface area contributed by atoms with E-state index in [2.05, 4.69) is 20.3 Å². The number of piperidine rings is 1. The summed E-state index contributed by atoms with van der Waals surface area (Å²) < 4.78 is 18.0. The van der Waals surface area contributed by atoms with E-state index in [0.717, 1.165) is 35.7 Å². The summed E-state index contributed by atoms with van der Waals surface area (Å²) in [5, 5.41) is 8.08. The van der Waals surface area contributed by atoms with E-state index in [1.807, 2.05) is 0 Å². The van der Waals surface area contributed by atoms with Gasteiger partial charge in [0.1, 0.15) is 12.2 Å². The van der Waals surface area contributed by atoms with Crippen LogP contribution in [0.1, 0.15) is 19.3 Å². The zero-order valence-electron chi connectivity index (χ0n) is 18.2. The quantitative estimate of drug-likeness (QED) is 0.463. The van der Waals surface area contributed by atoms with Gasteiger partial charge in [-0.2, -0.15) is 5.10 Å². The highest BCUT2D eigenvalue weighted by atomic mass is 32.1. The molecule has 1 N–H and O–H groups in total. The van der Waals surface area contributed by atoms with E-state index in [-0.39, 0.29) is 13.3 Å². The first-order valence-corrected chi connectivity index (χ1v) is 11.9. The number of hydrogen-bond acceptors (Lipinski definition) is 9. The van der Waals surface area contributed by atoms with Crippen LogP contribution in [0.2, 0.25) is 0 Å². The number of hydrogen-bond donors (Lipinski definition) is 1. The van der Waals surface area contributed by atoms with Crippen LogP contribution in [0.4, 0.5) is 10.8 Å². The minimum Gasteiger partial charge on any atom is -0.463 e. The fourth-order valence-electron chi connectivity index (χ4n) is 4.16. The number of fused-ring (bicyclic) bond motifs is 2. The summed E-state index contributed by atoms with van der Waals surface area (Å²) >= 11 is 1.44. The molecule has 1 aromatic carbocycles. The van der Waals surface area contributed by atoms with Gasteiger partial charge in [0.15, 0.2) is 27.9 Å². The molecule has 0 radical (unpaired) electrons. The van der Waals surface area contributed by atoms with Crippen LogP contribution in [-0.2, 0) is 11.3 Å². The van der Waals surface area contributed by atoms with Crippen LogP contribution in [0.15, 0.2) is 45.8 Å². The lowest BCUT2D eigenvalue weighted by molar-refractivity contribution is -0.117. The maximum atomic E-state index is 13.3. The van der Waals surface area contributed by atoms with Gasteiger partial charge in [-0.1, -0.05) is 11.3 Å². The van der Waals surface area contributed by atoms with Gasteiger partial charge in [-0.15, -0.1) is 0 Å². The predicted molar refractivity (Wildman–Crippen MR) is 127 cm³/mol. The van der Waals surface area contributed by atoms with E-state index in [1.165, 1.54) is 17.8 Å². The summed E-state index contributed by atoms with van der Waals surface area (Å²) in [5.41, 5.74) is 0.917. The highest BCUT2D eigenvalue weighted by Gasteiger charge is 2.23. The summed E-state index contributed by atoms with van der Waals surface area (Å²) in [4.78, 5) is 32.9. The van der Waals surface area contributed by atoms with Crippen molar-refractivity contribution in [3.63, 3.8) is 0 Å². The van der Waals surface area contributed by atoms with Crippen LogP contribution >= 0.6 is 11.3 Å². The Kier molecular flexibility index (Phi) is 5.17. The van der Waals surface area contributed by atoms with Gasteiger partial charge < -0.3 is 24.1 Å². The van der Waals surface area contributed by atoms with E-state index in [0.29, 0.717) is 38.9 Å². The second-order valence-corrected chi connectivity index (χ2v) is 9.10. The maximum Gasteiger partial charge on any atom is 0.294 e. The monoisotopic (exact) mass is 479 g/mol. The average Bonchev–Trinajstić information content (AvgIpc) is 3.62. The highest BCUT2D eigenvalue weighted by molar-refractivity contribution is 7.22. The Morgan fingerprint density at radius 3 is 2.79 bits per heavy atom. The van der Waals surface area contributed by atoms with Crippen molar-refractivity contribution in [1.29, 1.82) is 0 Å². The van der Waals surface area contributed by atoms with Crippen LogP contribution in [0.25, 0.3) is 21.7 Å². The number of carbonyl (C=O) groups excluding carboxylic acids is 1. The number of thiazole rings is 1. The molecule has 2 aliphatic rings. The Morgan fingerprint density at radius 1 is 1.12 bits per heavy atom. The third-order valence-corrected chi connectivity index (χ3v) is 6.94. The van der Waals surface area contributed by atoms with Gasteiger partial charge in [0.25, 0.3) is 5.56 Å². The second kappa shape index (κ2) is 8.49. The Morgan fingerprint density at radius 2 is 1.97 bits per heavy atom. The topological polar surface area (TPSA) is 112 Å². The molecule has 174 valence electrons. The minimum atomic E-state index is -0.411. The fraction of sp³-hybridized carbons (Fsp3) is 0.304. The third-order valence-electron chi connectivity index (χ3n) is 5.82. The molecule has 4 aromatic rings. The molecule has 0 aliphatic carbocycles. The van der Waals surface area contributed by atoms with Gasteiger partial charge in [-0.25, -0.2) is 9.67 Å². The van der Waals surface area contributed by atoms with Crippen molar-refractivity contribution >= 4 is 38.3 Å². The van der Waals surface area contributed by atoms with Crippen LogP contribution in [0, 0.1) is 0 Å². The number of anilines is 2. The molecule has 5 heterocycles. The molecule has 0 bridgehead atoms. The van der Waals surface area contributed by atoms with Gasteiger partial charge >= 0.3 is 0 Å². The summed E-state index contributed by atoms with van der Waals surface area (Å²) in [5.74, 6) is 1.30. The number of nitrogens with zero attached hydrogens (tertiary/aromatic N) is 4. The average molecular weight is 480 g/mol. The molecular weight excluding hydrogens is 458 g/mol. The van der Waals surface area contributed by atoms with E-state index in [4.69, 9.17) is 13.9 Å². The molecule has 0 unspecified atom stereocenters. The normalized spacial score (nSPS) is 15.1.